The SMILES string of the molecule is COC(=O)c1ccc(C#N)c(Cl)c1SC(F)(F)F. The van der Waals surface area contributed by atoms with Crippen LogP contribution in [0.5, 0.6) is 0 Å². The Morgan fingerprint density at radius 1 is 1.50 bits per heavy atom. The number of methoxy groups -OCH3 is 1. The highest BCUT2D eigenvalue weighted by Crippen LogP contribution is 2.43. The summed E-state index contributed by atoms with van der Waals surface area (Å²) < 4.78 is 41.5. The van der Waals surface area contributed by atoms with Crippen molar-refractivity contribution in [2.24, 2.45) is 0 Å². The lowest BCUT2D eigenvalue weighted by Crippen LogP contribution is -2.08. The molecular formula is C10H5ClF3NO2S. The Bertz CT molecular complexity index is 525. The number of nitrogens with zero attached hydrogens (tertiary/aromatic N) is 1. The fourth-order valence-corrected chi connectivity index (χ4v) is 2.14. The van der Waals surface area contributed by atoms with Crippen LogP contribution >= 0.6 is 23.4 Å². The summed E-state index contributed by atoms with van der Waals surface area (Å²) in [5.74, 6) is -0.951. The number of ether oxygens (including phenoxy) is 1. The van der Waals surface area contributed by atoms with E-state index in [0.29, 0.717) is 0 Å². The molecule has 96 valence electrons. The fraction of sp³-hybridized carbons (Fsp3) is 0.200. The van der Waals surface area contributed by atoms with Gasteiger partial charge in [0, 0.05) is 0 Å². The molecule has 0 unspecified atom stereocenters. The topological polar surface area (TPSA) is 50.1 Å². The summed E-state index contributed by atoms with van der Waals surface area (Å²) in [4.78, 5) is 10.8. The monoisotopic (exact) mass is 295 g/mol. The molecule has 0 saturated carbocycles. The maximum atomic E-state index is 12.4. The number of thioether (sulfide) groups is 1. The lowest BCUT2D eigenvalue weighted by Gasteiger charge is -2.12. The minimum absolute atomic E-state index is 0.143. The average Bonchev–Trinajstić information content (AvgIpc) is 2.29. The molecular weight excluding hydrogens is 291 g/mol. The number of carbonyl (C=O) groups is 1. The van der Waals surface area contributed by atoms with E-state index in [1.54, 1.807) is 6.07 Å². The first-order valence-electron chi connectivity index (χ1n) is 4.36. The highest BCUT2D eigenvalue weighted by Gasteiger charge is 2.33. The number of benzene rings is 1. The standard InChI is InChI=1S/C10H5ClF3NO2S/c1-17-9(16)6-3-2-5(4-15)7(11)8(6)18-10(12,13)14/h2-3H,1H3. The maximum Gasteiger partial charge on any atom is 0.446 e. The molecule has 8 heteroatoms. The van der Waals surface area contributed by atoms with Crippen molar-refractivity contribution < 1.29 is 22.7 Å². The van der Waals surface area contributed by atoms with Gasteiger partial charge in [0.1, 0.15) is 6.07 Å². The Hall–Kier alpha value is -1.39. The Labute approximate surface area is 109 Å². The first-order valence-corrected chi connectivity index (χ1v) is 5.56. The largest absolute Gasteiger partial charge is 0.465 e. The van der Waals surface area contributed by atoms with Gasteiger partial charge in [0.2, 0.25) is 0 Å². The van der Waals surface area contributed by atoms with Gasteiger partial charge in [-0.3, -0.25) is 0 Å². The van der Waals surface area contributed by atoms with E-state index in [2.05, 4.69) is 4.74 Å². The fourth-order valence-electron chi connectivity index (χ4n) is 1.13. The quantitative estimate of drug-likeness (QED) is 0.618. The molecule has 0 saturated heterocycles. The number of alkyl halides is 3. The number of nitriles is 1. The molecule has 0 spiro atoms. The molecule has 18 heavy (non-hydrogen) atoms. The molecule has 0 aliphatic carbocycles. The summed E-state index contributed by atoms with van der Waals surface area (Å²) in [5.41, 5.74) is -5.10. The van der Waals surface area contributed by atoms with Gasteiger partial charge in [-0.2, -0.15) is 18.4 Å². The van der Waals surface area contributed by atoms with E-state index in [4.69, 9.17) is 16.9 Å². The van der Waals surface area contributed by atoms with E-state index in [9.17, 15) is 18.0 Å². The molecule has 1 aromatic carbocycles. The van der Waals surface area contributed by atoms with Crippen LogP contribution < -0.4 is 0 Å². The number of carbonyl (C=O) groups excluding carboxylic acids is 1. The van der Waals surface area contributed by atoms with Crippen molar-refractivity contribution in [3.63, 3.8) is 0 Å². The van der Waals surface area contributed by atoms with Crippen LogP contribution in [0.15, 0.2) is 17.0 Å². The lowest BCUT2D eigenvalue weighted by molar-refractivity contribution is -0.0328. The normalized spacial score (nSPS) is 10.9. The van der Waals surface area contributed by atoms with E-state index < -0.39 is 33.2 Å². The van der Waals surface area contributed by atoms with E-state index in [1.807, 2.05) is 0 Å². The van der Waals surface area contributed by atoms with Crippen molar-refractivity contribution in [3.8, 4) is 6.07 Å². The van der Waals surface area contributed by atoms with Gasteiger partial charge in [0.25, 0.3) is 0 Å². The molecule has 0 aliphatic rings. The molecule has 0 heterocycles. The highest BCUT2D eigenvalue weighted by atomic mass is 35.5. The molecule has 0 N–H and O–H groups in total. The van der Waals surface area contributed by atoms with Gasteiger partial charge >= 0.3 is 11.5 Å². The third-order valence-corrected chi connectivity index (χ3v) is 3.20. The number of esters is 1. The van der Waals surface area contributed by atoms with Gasteiger partial charge in [0.15, 0.2) is 0 Å². The maximum absolute atomic E-state index is 12.4. The van der Waals surface area contributed by atoms with Crippen LogP contribution in [0.3, 0.4) is 0 Å². The predicted octanol–water partition coefficient (Wildman–Crippen LogP) is 3.61. The first kappa shape index (κ1) is 14.7. The second kappa shape index (κ2) is 5.50. The number of hydrogen-bond acceptors (Lipinski definition) is 4. The number of rotatable bonds is 2. The number of halogens is 4. The van der Waals surface area contributed by atoms with Gasteiger partial charge in [-0.1, -0.05) is 11.6 Å². The Morgan fingerprint density at radius 3 is 2.56 bits per heavy atom. The molecule has 0 aromatic heterocycles. The summed E-state index contributed by atoms with van der Waals surface area (Å²) in [5, 5.41) is 8.27. The summed E-state index contributed by atoms with van der Waals surface area (Å²) in [6.45, 7) is 0. The van der Waals surface area contributed by atoms with Crippen LogP contribution in [0.25, 0.3) is 0 Å². The van der Waals surface area contributed by atoms with Gasteiger partial charge in [-0.25, -0.2) is 4.79 Å². The molecule has 0 bridgehead atoms. The molecule has 1 aromatic rings. The lowest BCUT2D eigenvalue weighted by atomic mass is 10.1. The zero-order chi connectivity index (χ0) is 13.9. The van der Waals surface area contributed by atoms with Crippen LogP contribution in [0.4, 0.5) is 13.2 Å². The second-order valence-electron chi connectivity index (χ2n) is 2.95. The summed E-state index contributed by atoms with van der Waals surface area (Å²) >= 11 is 5.11. The molecule has 3 nitrogen and oxygen atoms in total. The van der Waals surface area contributed by atoms with Crippen LogP contribution in [0, 0.1) is 11.3 Å². The Kier molecular flexibility index (Phi) is 4.48. The molecule has 0 radical (unpaired) electrons. The minimum atomic E-state index is -4.62. The van der Waals surface area contributed by atoms with Crippen molar-refractivity contribution in [3.05, 3.63) is 28.3 Å². The number of hydrogen-bond donors (Lipinski definition) is 0. The van der Waals surface area contributed by atoms with Crippen molar-refractivity contribution in [1.82, 2.24) is 0 Å². The summed E-state index contributed by atoms with van der Waals surface area (Å²) in [6.07, 6.45) is 0. The van der Waals surface area contributed by atoms with Gasteiger partial charge in [-0.15, -0.1) is 0 Å². The minimum Gasteiger partial charge on any atom is -0.465 e. The van der Waals surface area contributed by atoms with Crippen molar-refractivity contribution in [2.75, 3.05) is 7.11 Å². The van der Waals surface area contributed by atoms with Crippen LogP contribution in [-0.4, -0.2) is 18.6 Å². The van der Waals surface area contributed by atoms with E-state index >= 15 is 0 Å². The van der Waals surface area contributed by atoms with E-state index in [-0.39, 0.29) is 11.1 Å². The molecule has 0 atom stereocenters. The molecule has 0 fully saturated rings. The van der Waals surface area contributed by atoms with Crippen molar-refractivity contribution in [1.29, 1.82) is 5.26 Å². The Morgan fingerprint density at radius 2 is 2.11 bits per heavy atom. The van der Waals surface area contributed by atoms with E-state index in [1.165, 1.54) is 0 Å². The molecule has 0 amide bonds. The van der Waals surface area contributed by atoms with Gasteiger partial charge < -0.3 is 4.74 Å². The molecule has 0 aliphatic heterocycles. The first-order chi connectivity index (χ1) is 8.30. The average molecular weight is 296 g/mol. The smallest absolute Gasteiger partial charge is 0.446 e. The predicted molar refractivity (Wildman–Crippen MR) is 59.4 cm³/mol. The Balaban J connectivity index is 3.41. The zero-order valence-corrected chi connectivity index (χ0v) is 10.4. The van der Waals surface area contributed by atoms with Crippen LogP contribution in [-0.2, 0) is 4.74 Å². The zero-order valence-electron chi connectivity index (χ0n) is 8.84. The highest BCUT2D eigenvalue weighted by molar-refractivity contribution is 8.00. The third kappa shape index (κ3) is 3.31. The van der Waals surface area contributed by atoms with Crippen molar-refractivity contribution in [2.45, 2.75) is 10.4 Å². The van der Waals surface area contributed by atoms with Crippen LogP contribution in [0.2, 0.25) is 5.02 Å². The van der Waals surface area contributed by atoms with Gasteiger partial charge in [0.05, 0.1) is 28.2 Å². The van der Waals surface area contributed by atoms with E-state index in [0.717, 1.165) is 19.2 Å². The van der Waals surface area contributed by atoms with Crippen LogP contribution in [0.1, 0.15) is 15.9 Å². The van der Waals surface area contributed by atoms with Crippen molar-refractivity contribution >= 4 is 29.3 Å². The molecule has 1 rings (SSSR count). The summed E-state index contributed by atoms with van der Waals surface area (Å²) in [6, 6.07) is 3.88. The second-order valence-corrected chi connectivity index (χ2v) is 4.41. The third-order valence-electron chi connectivity index (χ3n) is 1.84. The van der Waals surface area contributed by atoms with Gasteiger partial charge in [-0.05, 0) is 23.9 Å². The summed E-state index contributed by atoms with van der Waals surface area (Å²) in [7, 11) is 1.04.